The second-order valence-electron chi connectivity index (χ2n) is 8.58. The van der Waals surface area contributed by atoms with Crippen LogP contribution in [-0.2, 0) is 18.0 Å². The van der Waals surface area contributed by atoms with Crippen LogP contribution in [-0.4, -0.2) is 11.2 Å². The highest BCUT2D eigenvalue weighted by molar-refractivity contribution is 5.52. The average Bonchev–Trinajstić information content (AvgIpc) is 3.18. The van der Waals surface area contributed by atoms with E-state index in [9.17, 15) is 0 Å². The van der Waals surface area contributed by atoms with Crippen molar-refractivity contribution >= 4 is 0 Å². The molecular weight excluding hydrogens is 368 g/mol. The first kappa shape index (κ1) is 24.7. The molecular formula is C27H45N2O+. The van der Waals surface area contributed by atoms with Gasteiger partial charge in [-0.3, -0.25) is 0 Å². The van der Waals surface area contributed by atoms with E-state index < -0.39 is 0 Å². The molecule has 0 atom stereocenters. The van der Waals surface area contributed by atoms with Crippen LogP contribution >= 0.6 is 0 Å². The van der Waals surface area contributed by atoms with Crippen molar-refractivity contribution in [2.24, 2.45) is 0 Å². The quantitative estimate of drug-likeness (QED) is 0.182. The van der Waals surface area contributed by atoms with Gasteiger partial charge in [-0.05, 0) is 31.4 Å². The van der Waals surface area contributed by atoms with Gasteiger partial charge in [0.15, 0.2) is 6.73 Å². The van der Waals surface area contributed by atoms with Crippen molar-refractivity contribution in [3.8, 4) is 11.4 Å². The second-order valence-corrected chi connectivity index (χ2v) is 8.58. The molecule has 1 aromatic heterocycles. The van der Waals surface area contributed by atoms with Crippen LogP contribution in [0.5, 0.6) is 0 Å². The zero-order valence-corrected chi connectivity index (χ0v) is 19.7. The van der Waals surface area contributed by atoms with Gasteiger partial charge in [0.05, 0.1) is 18.7 Å². The van der Waals surface area contributed by atoms with Crippen LogP contribution in [0.1, 0.15) is 97.3 Å². The monoisotopic (exact) mass is 413 g/mol. The first-order valence-electron chi connectivity index (χ1n) is 12.6. The Balaban J connectivity index is 1.73. The van der Waals surface area contributed by atoms with Gasteiger partial charge >= 0.3 is 0 Å². The van der Waals surface area contributed by atoms with E-state index in [0.29, 0.717) is 6.73 Å². The molecule has 3 heteroatoms. The minimum Gasteiger partial charge on any atom is -0.342 e. The Bertz CT molecular complexity index is 650. The number of rotatable bonds is 18. The third-order valence-electron chi connectivity index (χ3n) is 5.88. The van der Waals surface area contributed by atoms with Gasteiger partial charge in [0.1, 0.15) is 12.4 Å². The molecule has 3 nitrogen and oxygen atoms in total. The number of hydrogen-bond acceptors (Lipinski definition) is 1. The maximum absolute atomic E-state index is 6.05. The Morgan fingerprint density at radius 1 is 0.733 bits per heavy atom. The zero-order chi connectivity index (χ0) is 21.3. The Hall–Kier alpha value is -1.61. The molecule has 0 saturated carbocycles. The normalized spacial score (nSPS) is 11.3. The van der Waals surface area contributed by atoms with Gasteiger partial charge in [0, 0.05) is 0 Å². The smallest absolute Gasteiger partial charge is 0.290 e. The van der Waals surface area contributed by atoms with Gasteiger partial charge in [0.25, 0.3) is 5.82 Å². The molecule has 0 aliphatic carbocycles. The Morgan fingerprint density at radius 2 is 1.33 bits per heavy atom. The van der Waals surface area contributed by atoms with E-state index in [1.807, 2.05) is 0 Å². The Labute approximate surface area is 185 Å². The summed E-state index contributed by atoms with van der Waals surface area (Å²) in [7, 11) is 0. The predicted octanol–water partition coefficient (Wildman–Crippen LogP) is 7.53. The van der Waals surface area contributed by atoms with E-state index in [1.54, 1.807) is 0 Å². The van der Waals surface area contributed by atoms with Crippen LogP contribution in [0.3, 0.4) is 0 Å². The van der Waals surface area contributed by atoms with Crippen molar-refractivity contribution in [2.45, 2.75) is 111 Å². The fraction of sp³-hybridized carbons (Fsp3) is 0.667. The van der Waals surface area contributed by atoms with Gasteiger partial charge in [-0.25, -0.2) is 9.13 Å². The lowest BCUT2D eigenvalue weighted by atomic mass is 10.1. The number of nitrogens with zero attached hydrogens (tertiary/aromatic N) is 2. The SMILES string of the molecule is CCCCCCCCCCCOC[n+]1ccn(CCCCCC)c1-c1ccccc1. The summed E-state index contributed by atoms with van der Waals surface area (Å²) in [4.78, 5) is 0. The van der Waals surface area contributed by atoms with E-state index >= 15 is 0 Å². The minimum absolute atomic E-state index is 0.642. The van der Waals surface area contributed by atoms with Crippen LogP contribution in [0.15, 0.2) is 42.7 Å². The van der Waals surface area contributed by atoms with Crippen molar-refractivity contribution < 1.29 is 9.30 Å². The number of ether oxygens (including phenoxy) is 1. The molecule has 0 bridgehead atoms. The van der Waals surface area contributed by atoms with Crippen LogP contribution in [0.25, 0.3) is 11.4 Å². The molecule has 0 aliphatic heterocycles. The maximum atomic E-state index is 6.05. The van der Waals surface area contributed by atoms with Gasteiger partial charge in [0.2, 0.25) is 0 Å². The predicted molar refractivity (Wildman–Crippen MR) is 127 cm³/mol. The summed E-state index contributed by atoms with van der Waals surface area (Å²) in [5.41, 5.74) is 1.27. The van der Waals surface area contributed by atoms with Gasteiger partial charge in [-0.1, -0.05) is 96.3 Å². The number of hydrogen-bond donors (Lipinski definition) is 0. The molecule has 168 valence electrons. The summed E-state index contributed by atoms with van der Waals surface area (Å²) in [6.07, 6.45) is 21.7. The molecule has 30 heavy (non-hydrogen) atoms. The zero-order valence-electron chi connectivity index (χ0n) is 19.7. The Kier molecular flexibility index (Phi) is 13.3. The average molecular weight is 414 g/mol. The van der Waals surface area contributed by atoms with E-state index in [-0.39, 0.29) is 0 Å². The molecule has 0 aliphatic rings. The summed E-state index contributed by atoms with van der Waals surface area (Å²) in [5.74, 6) is 1.26. The van der Waals surface area contributed by atoms with E-state index in [0.717, 1.165) is 13.2 Å². The third kappa shape index (κ3) is 9.47. The van der Waals surface area contributed by atoms with Crippen molar-refractivity contribution in [2.75, 3.05) is 6.61 Å². The van der Waals surface area contributed by atoms with E-state index in [4.69, 9.17) is 4.74 Å². The highest BCUT2D eigenvalue weighted by Crippen LogP contribution is 2.17. The van der Waals surface area contributed by atoms with Crippen LogP contribution < -0.4 is 4.57 Å². The van der Waals surface area contributed by atoms with Gasteiger partial charge in [-0.15, -0.1) is 0 Å². The Morgan fingerprint density at radius 3 is 2.00 bits per heavy atom. The molecule has 0 fully saturated rings. The van der Waals surface area contributed by atoms with Gasteiger partial charge < -0.3 is 4.74 Å². The largest absolute Gasteiger partial charge is 0.342 e. The third-order valence-corrected chi connectivity index (χ3v) is 5.88. The molecule has 1 aromatic carbocycles. The lowest BCUT2D eigenvalue weighted by Gasteiger charge is -2.07. The molecule has 2 rings (SSSR count). The molecule has 0 amide bonds. The summed E-state index contributed by atoms with van der Waals surface area (Å²) < 4.78 is 10.7. The summed E-state index contributed by atoms with van der Waals surface area (Å²) >= 11 is 0. The highest BCUT2D eigenvalue weighted by Gasteiger charge is 2.19. The summed E-state index contributed by atoms with van der Waals surface area (Å²) in [5, 5.41) is 0. The van der Waals surface area contributed by atoms with Crippen molar-refractivity contribution in [3.05, 3.63) is 42.7 Å². The lowest BCUT2D eigenvalue weighted by molar-refractivity contribution is -0.722. The summed E-state index contributed by atoms with van der Waals surface area (Å²) in [6, 6.07) is 10.7. The van der Waals surface area contributed by atoms with Crippen molar-refractivity contribution in [1.29, 1.82) is 0 Å². The molecule has 0 unspecified atom stereocenters. The number of aryl methyl sites for hydroxylation is 1. The molecule has 0 radical (unpaired) electrons. The van der Waals surface area contributed by atoms with Crippen molar-refractivity contribution in [1.82, 2.24) is 4.57 Å². The number of imidazole rings is 1. The molecule has 0 saturated heterocycles. The lowest BCUT2D eigenvalue weighted by Crippen LogP contribution is -2.36. The van der Waals surface area contributed by atoms with E-state index in [1.165, 1.54) is 94.9 Å². The first-order valence-corrected chi connectivity index (χ1v) is 12.6. The molecule has 2 aromatic rings. The second kappa shape index (κ2) is 16.1. The molecule has 0 spiro atoms. The minimum atomic E-state index is 0.642. The standard InChI is InChI=1S/C27H45N2O/c1-3-5-7-9-10-11-12-13-18-24-30-25-29-23-22-28(21-17-8-6-4-2)27(29)26-19-15-14-16-20-26/h14-16,19-20,22-23H,3-13,17-18,21,24-25H2,1-2H3/q+1. The fourth-order valence-corrected chi connectivity index (χ4v) is 4.06. The summed E-state index contributed by atoms with van der Waals surface area (Å²) in [6.45, 7) is 7.13. The topological polar surface area (TPSA) is 18.0 Å². The van der Waals surface area contributed by atoms with Crippen LogP contribution in [0, 0.1) is 0 Å². The maximum Gasteiger partial charge on any atom is 0.290 e. The fourth-order valence-electron chi connectivity index (χ4n) is 4.06. The van der Waals surface area contributed by atoms with E-state index in [2.05, 4.69) is 65.7 Å². The number of benzene rings is 1. The molecule has 0 N–H and O–H groups in total. The molecule has 1 heterocycles. The van der Waals surface area contributed by atoms with Crippen molar-refractivity contribution in [3.63, 3.8) is 0 Å². The van der Waals surface area contributed by atoms with Crippen LogP contribution in [0.2, 0.25) is 0 Å². The number of aromatic nitrogens is 2. The number of unbranched alkanes of at least 4 members (excludes halogenated alkanes) is 11. The van der Waals surface area contributed by atoms with Gasteiger partial charge in [-0.2, -0.15) is 0 Å². The first-order chi connectivity index (χ1) is 14.9. The van der Waals surface area contributed by atoms with Crippen LogP contribution in [0.4, 0.5) is 0 Å². The highest BCUT2D eigenvalue weighted by atomic mass is 16.5.